The van der Waals surface area contributed by atoms with E-state index < -0.39 is 0 Å². The highest BCUT2D eigenvalue weighted by atomic mass is 32.1. The van der Waals surface area contributed by atoms with Gasteiger partial charge in [0.15, 0.2) is 11.5 Å². The maximum atomic E-state index is 6.23. The Hall–Kier alpha value is -4.11. The maximum Gasteiger partial charge on any atom is 0.161 e. The van der Waals surface area contributed by atoms with E-state index in [0.29, 0.717) is 11.5 Å². The molecular formula is C27H23N7OS. The molecule has 0 unspecified atom stereocenters. The Bertz CT molecular complexity index is 1660. The lowest BCUT2D eigenvalue weighted by Crippen LogP contribution is -2.19. The third-order valence-corrected chi connectivity index (χ3v) is 7.53. The summed E-state index contributed by atoms with van der Waals surface area (Å²) in [5.41, 5.74) is 6.56. The van der Waals surface area contributed by atoms with Gasteiger partial charge in [-0.3, -0.25) is 15.1 Å². The van der Waals surface area contributed by atoms with E-state index in [2.05, 4.69) is 31.2 Å². The van der Waals surface area contributed by atoms with Crippen molar-refractivity contribution < 1.29 is 4.74 Å². The van der Waals surface area contributed by atoms with Crippen LogP contribution in [0.3, 0.4) is 0 Å². The third-order valence-electron chi connectivity index (χ3n) is 6.65. The fourth-order valence-corrected chi connectivity index (χ4v) is 5.59. The Morgan fingerprint density at radius 3 is 2.72 bits per heavy atom. The minimum atomic E-state index is 0.272. The molecule has 8 nitrogen and oxygen atoms in total. The zero-order valence-corrected chi connectivity index (χ0v) is 20.3. The molecule has 178 valence electrons. The Morgan fingerprint density at radius 2 is 1.83 bits per heavy atom. The highest BCUT2D eigenvalue weighted by Gasteiger charge is 2.19. The van der Waals surface area contributed by atoms with Gasteiger partial charge in [-0.15, -0.1) is 11.3 Å². The monoisotopic (exact) mass is 493 g/mol. The van der Waals surface area contributed by atoms with Crippen molar-refractivity contribution >= 4 is 33.4 Å². The predicted octanol–water partition coefficient (Wildman–Crippen LogP) is 6.40. The largest absolute Gasteiger partial charge is 0.489 e. The summed E-state index contributed by atoms with van der Waals surface area (Å²) in [6, 6.07) is 12.0. The minimum absolute atomic E-state index is 0.272. The van der Waals surface area contributed by atoms with Gasteiger partial charge < -0.3 is 9.72 Å². The zero-order chi connectivity index (χ0) is 23.9. The Morgan fingerprint density at radius 1 is 0.917 bits per heavy atom. The van der Waals surface area contributed by atoms with Crippen LogP contribution in [0.1, 0.15) is 32.1 Å². The summed E-state index contributed by atoms with van der Waals surface area (Å²) in [6.45, 7) is 0. The summed E-state index contributed by atoms with van der Waals surface area (Å²) in [4.78, 5) is 23.3. The number of hydrogen-bond acceptors (Lipinski definition) is 7. The van der Waals surface area contributed by atoms with Crippen molar-refractivity contribution in [3.63, 3.8) is 0 Å². The van der Waals surface area contributed by atoms with E-state index in [-0.39, 0.29) is 6.10 Å². The van der Waals surface area contributed by atoms with Crippen LogP contribution in [0.25, 0.3) is 55.4 Å². The van der Waals surface area contributed by atoms with Crippen molar-refractivity contribution in [2.75, 3.05) is 0 Å². The lowest BCUT2D eigenvalue weighted by atomic mass is 9.98. The summed E-state index contributed by atoms with van der Waals surface area (Å²) >= 11 is 1.64. The van der Waals surface area contributed by atoms with Crippen molar-refractivity contribution in [3.05, 3.63) is 60.4 Å². The summed E-state index contributed by atoms with van der Waals surface area (Å²) in [5.74, 6) is 1.44. The van der Waals surface area contributed by atoms with Gasteiger partial charge in [0.25, 0.3) is 0 Å². The molecule has 1 aliphatic carbocycles. The molecule has 1 saturated carbocycles. The van der Waals surface area contributed by atoms with Crippen LogP contribution in [0, 0.1) is 0 Å². The van der Waals surface area contributed by atoms with E-state index in [0.717, 1.165) is 62.5 Å². The number of hydrogen-bond donors (Lipinski definition) is 2. The maximum absolute atomic E-state index is 6.23. The van der Waals surface area contributed by atoms with Gasteiger partial charge in [0.2, 0.25) is 0 Å². The number of ether oxygens (including phenoxy) is 1. The molecule has 0 spiro atoms. The van der Waals surface area contributed by atoms with Crippen LogP contribution in [0.15, 0.2) is 60.4 Å². The van der Waals surface area contributed by atoms with Gasteiger partial charge in [-0.1, -0.05) is 12.5 Å². The molecule has 9 heteroatoms. The third kappa shape index (κ3) is 3.81. The first-order valence-electron chi connectivity index (χ1n) is 12.2. The molecule has 6 aromatic heterocycles. The Balaban J connectivity index is 1.26. The number of rotatable bonds is 5. The summed E-state index contributed by atoms with van der Waals surface area (Å²) in [7, 11) is 0. The number of nitrogens with one attached hydrogen (secondary N) is 2. The Kier molecular flexibility index (Phi) is 5.20. The topological polar surface area (TPSA) is 105 Å². The number of nitrogens with zero attached hydrogens (tertiary/aromatic N) is 5. The number of H-pyrrole nitrogens is 2. The first-order valence-corrected chi connectivity index (χ1v) is 13.1. The van der Waals surface area contributed by atoms with Crippen LogP contribution in [-0.2, 0) is 0 Å². The number of aromatic amines is 2. The second kappa shape index (κ2) is 8.83. The molecule has 0 radical (unpaired) electrons. The van der Waals surface area contributed by atoms with Gasteiger partial charge in [0.05, 0.1) is 33.9 Å². The quantitative estimate of drug-likeness (QED) is 0.288. The molecule has 7 rings (SSSR count). The second-order valence-electron chi connectivity index (χ2n) is 9.07. The standard InChI is InChI=1S/C27H23N7OS/c1-2-5-17(6-3-1)35-18-13-16(14-28-15-18)19-8-9-21-24(30-19)26(34-33-21)27-31-20-10-11-29-25(23(20)32-27)22-7-4-12-36-22/h4,7-15,17H,1-3,5-6H2,(H,31,32)(H,33,34). The van der Waals surface area contributed by atoms with E-state index in [1.165, 1.54) is 19.3 Å². The molecule has 0 bridgehead atoms. The molecule has 1 aliphatic rings. The van der Waals surface area contributed by atoms with Gasteiger partial charge in [0, 0.05) is 18.0 Å². The van der Waals surface area contributed by atoms with Crippen molar-refractivity contribution in [3.8, 4) is 39.1 Å². The second-order valence-corrected chi connectivity index (χ2v) is 10.0. The predicted molar refractivity (Wildman–Crippen MR) is 141 cm³/mol. The molecule has 0 saturated heterocycles. The molecule has 0 atom stereocenters. The number of imidazole rings is 1. The van der Waals surface area contributed by atoms with Crippen molar-refractivity contribution in [2.45, 2.75) is 38.2 Å². The fourth-order valence-electron chi connectivity index (χ4n) is 4.86. The Labute approximate surface area is 210 Å². The van der Waals surface area contributed by atoms with Crippen molar-refractivity contribution in [1.82, 2.24) is 35.1 Å². The first-order chi connectivity index (χ1) is 17.8. The summed E-state index contributed by atoms with van der Waals surface area (Å²) in [6.07, 6.45) is 11.6. The fraction of sp³-hybridized carbons (Fsp3) is 0.222. The lowest BCUT2D eigenvalue weighted by Gasteiger charge is -2.22. The number of pyridine rings is 3. The van der Waals surface area contributed by atoms with Crippen molar-refractivity contribution in [1.29, 1.82) is 0 Å². The van der Waals surface area contributed by atoms with Crippen LogP contribution in [0.2, 0.25) is 0 Å². The zero-order valence-electron chi connectivity index (χ0n) is 19.4. The molecule has 1 fully saturated rings. The van der Waals surface area contributed by atoms with E-state index >= 15 is 0 Å². The van der Waals surface area contributed by atoms with Crippen molar-refractivity contribution in [2.24, 2.45) is 0 Å². The molecular weight excluding hydrogens is 470 g/mol. The van der Waals surface area contributed by atoms with Gasteiger partial charge >= 0.3 is 0 Å². The summed E-state index contributed by atoms with van der Waals surface area (Å²) in [5, 5.41) is 9.68. The van der Waals surface area contributed by atoms with E-state index in [1.807, 2.05) is 41.9 Å². The average Bonchev–Trinajstić information content (AvgIpc) is 3.68. The number of thiophene rings is 1. The molecule has 36 heavy (non-hydrogen) atoms. The molecule has 0 aromatic carbocycles. The van der Waals surface area contributed by atoms with Crippen LogP contribution >= 0.6 is 11.3 Å². The van der Waals surface area contributed by atoms with E-state index in [9.17, 15) is 0 Å². The average molecular weight is 494 g/mol. The first kappa shape index (κ1) is 21.2. The molecule has 2 N–H and O–H groups in total. The summed E-state index contributed by atoms with van der Waals surface area (Å²) < 4.78 is 6.23. The van der Waals surface area contributed by atoms with Crippen LogP contribution < -0.4 is 4.74 Å². The smallest absolute Gasteiger partial charge is 0.161 e. The van der Waals surface area contributed by atoms with Crippen LogP contribution in [0.4, 0.5) is 0 Å². The van der Waals surface area contributed by atoms with E-state index in [1.54, 1.807) is 23.7 Å². The highest BCUT2D eigenvalue weighted by molar-refractivity contribution is 7.13. The molecule has 6 heterocycles. The van der Waals surface area contributed by atoms with Crippen LogP contribution in [-0.4, -0.2) is 41.2 Å². The lowest BCUT2D eigenvalue weighted by molar-refractivity contribution is 0.154. The van der Waals surface area contributed by atoms with Gasteiger partial charge in [-0.05, 0) is 61.4 Å². The van der Waals surface area contributed by atoms with Crippen LogP contribution in [0.5, 0.6) is 5.75 Å². The molecule has 6 aromatic rings. The normalized spacial score (nSPS) is 14.6. The number of fused-ring (bicyclic) bond motifs is 2. The molecule has 0 aliphatic heterocycles. The molecule has 0 amide bonds. The van der Waals surface area contributed by atoms with E-state index in [4.69, 9.17) is 14.7 Å². The number of aromatic nitrogens is 7. The highest BCUT2D eigenvalue weighted by Crippen LogP contribution is 2.33. The minimum Gasteiger partial charge on any atom is -0.489 e. The SMILES string of the molecule is c1csc(-c2nccc3[nH]c(-c4n[nH]c5ccc(-c6cncc(OC7CCCCC7)c6)nc45)nc23)c1. The van der Waals surface area contributed by atoms with Gasteiger partial charge in [0.1, 0.15) is 22.5 Å². The van der Waals surface area contributed by atoms with Gasteiger partial charge in [-0.2, -0.15) is 5.10 Å². The van der Waals surface area contributed by atoms with Gasteiger partial charge in [-0.25, -0.2) is 9.97 Å².